The smallest absolute Gasteiger partial charge is 0.220 e. The van der Waals surface area contributed by atoms with E-state index in [4.69, 9.17) is 28.9 Å². The number of nitrogens with one attached hydrogen (secondary N) is 1. The number of nitrogens with two attached hydrogens (primary N) is 1. The molecule has 1 rings (SSSR count). The summed E-state index contributed by atoms with van der Waals surface area (Å²) in [5, 5.41) is 4.01. The Labute approximate surface area is 123 Å². The van der Waals surface area contributed by atoms with Crippen molar-refractivity contribution in [3.05, 3.63) is 33.8 Å². The van der Waals surface area contributed by atoms with Crippen molar-refractivity contribution in [2.45, 2.75) is 25.8 Å². The van der Waals surface area contributed by atoms with E-state index in [0.717, 1.165) is 5.56 Å². The summed E-state index contributed by atoms with van der Waals surface area (Å²) in [5.74, 6) is -0.0195. The number of amides is 1. The molecule has 6 heteroatoms. The lowest BCUT2D eigenvalue weighted by atomic mass is 10.1. The topological polar surface area (TPSA) is 55.1 Å². The maximum atomic E-state index is 11.5. The number of carbonyl (C=O) groups is 1. The van der Waals surface area contributed by atoms with Crippen molar-refractivity contribution in [3.63, 3.8) is 0 Å². The Morgan fingerprint density at radius 2 is 2.11 bits per heavy atom. The molecule has 1 aromatic rings. The molecular formula is C12H17Cl3N2O. The Morgan fingerprint density at radius 3 is 2.67 bits per heavy atom. The molecule has 18 heavy (non-hydrogen) atoms. The molecule has 0 radical (unpaired) electrons. The van der Waals surface area contributed by atoms with Crippen molar-refractivity contribution in [3.8, 4) is 0 Å². The predicted octanol–water partition coefficient (Wildman–Crippen LogP) is 3.33. The monoisotopic (exact) mass is 310 g/mol. The predicted molar refractivity (Wildman–Crippen MR) is 78.6 cm³/mol. The van der Waals surface area contributed by atoms with Crippen LogP contribution in [0.2, 0.25) is 10.0 Å². The maximum absolute atomic E-state index is 11.5. The number of hydrogen-bond acceptors (Lipinski definition) is 2. The van der Waals surface area contributed by atoms with E-state index in [1.165, 1.54) is 0 Å². The fourth-order valence-electron chi connectivity index (χ4n) is 1.51. The highest BCUT2D eigenvalue weighted by molar-refractivity contribution is 6.35. The third kappa shape index (κ3) is 5.44. The molecule has 1 aromatic carbocycles. The molecule has 0 saturated carbocycles. The molecule has 0 aliphatic heterocycles. The van der Waals surface area contributed by atoms with E-state index in [9.17, 15) is 4.79 Å². The first-order valence-electron chi connectivity index (χ1n) is 5.49. The van der Waals surface area contributed by atoms with Crippen molar-refractivity contribution in [1.82, 2.24) is 5.32 Å². The van der Waals surface area contributed by atoms with Crippen LogP contribution in [-0.4, -0.2) is 12.5 Å². The maximum Gasteiger partial charge on any atom is 0.220 e. The first kappa shape index (κ1) is 17.5. The Bertz CT molecular complexity index is 399. The first-order chi connectivity index (χ1) is 8.04. The van der Waals surface area contributed by atoms with Gasteiger partial charge in [-0.15, -0.1) is 12.4 Å². The van der Waals surface area contributed by atoms with Gasteiger partial charge in [-0.3, -0.25) is 4.79 Å². The number of benzene rings is 1. The zero-order chi connectivity index (χ0) is 12.8. The van der Waals surface area contributed by atoms with Gasteiger partial charge < -0.3 is 11.1 Å². The lowest BCUT2D eigenvalue weighted by Crippen LogP contribution is -2.27. The molecule has 1 atom stereocenters. The fourth-order valence-corrected chi connectivity index (χ4v) is 2.08. The summed E-state index contributed by atoms with van der Waals surface area (Å²) in [5.41, 5.74) is 6.20. The van der Waals surface area contributed by atoms with Gasteiger partial charge in [-0.2, -0.15) is 0 Å². The molecule has 0 bridgehead atoms. The zero-order valence-electron chi connectivity index (χ0n) is 10.1. The standard InChI is InChI=1S/C12H16Cl2N2O.ClH/c1-8(16-12(17)3-2-6-15)10-5-4-9(13)7-11(10)14;/h4-5,7-8H,2-3,6,15H2,1H3,(H,16,17);1H. The van der Waals surface area contributed by atoms with Crippen LogP contribution in [0.4, 0.5) is 0 Å². The average molecular weight is 312 g/mol. The van der Waals surface area contributed by atoms with Gasteiger partial charge in [-0.1, -0.05) is 29.3 Å². The third-order valence-electron chi connectivity index (χ3n) is 2.41. The van der Waals surface area contributed by atoms with E-state index in [2.05, 4.69) is 5.32 Å². The lowest BCUT2D eigenvalue weighted by Gasteiger charge is -2.15. The van der Waals surface area contributed by atoms with Crippen LogP contribution in [0.5, 0.6) is 0 Å². The molecule has 1 amide bonds. The summed E-state index contributed by atoms with van der Waals surface area (Å²) in [7, 11) is 0. The van der Waals surface area contributed by atoms with Crippen LogP contribution in [0.15, 0.2) is 18.2 Å². The summed E-state index contributed by atoms with van der Waals surface area (Å²) in [6, 6.07) is 5.11. The second-order valence-corrected chi connectivity index (χ2v) is 4.69. The van der Waals surface area contributed by atoms with Crippen LogP contribution in [0.3, 0.4) is 0 Å². The first-order valence-corrected chi connectivity index (χ1v) is 6.24. The highest BCUT2D eigenvalue weighted by Crippen LogP contribution is 2.26. The zero-order valence-corrected chi connectivity index (χ0v) is 12.4. The molecule has 102 valence electrons. The summed E-state index contributed by atoms with van der Waals surface area (Å²) in [4.78, 5) is 11.5. The molecule has 0 saturated heterocycles. The SMILES string of the molecule is CC(NC(=O)CCCN)c1ccc(Cl)cc1Cl.Cl. The van der Waals surface area contributed by atoms with Crippen LogP contribution in [0, 0.1) is 0 Å². The van der Waals surface area contributed by atoms with Crippen LogP contribution >= 0.6 is 35.6 Å². The highest BCUT2D eigenvalue weighted by Gasteiger charge is 2.12. The Hall–Kier alpha value is -0.480. The normalized spacial score (nSPS) is 11.6. The van der Waals surface area contributed by atoms with Gasteiger partial charge in [-0.25, -0.2) is 0 Å². The van der Waals surface area contributed by atoms with Gasteiger partial charge in [0.25, 0.3) is 0 Å². The number of carbonyl (C=O) groups excluding carboxylic acids is 1. The highest BCUT2D eigenvalue weighted by atomic mass is 35.5. The van der Waals surface area contributed by atoms with Crippen molar-refractivity contribution < 1.29 is 4.79 Å². The van der Waals surface area contributed by atoms with E-state index in [-0.39, 0.29) is 24.4 Å². The summed E-state index contributed by atoms with van der Waals surface area (Å²) < 4.78 is 0. The molecule has 0 fully saturated rings. The molecule has 0 aliphatic carbocycles. The molecule has 0 spiro atoms. The van der Waals surface area contributed by atoms with E-state index in [0.29, 0.717) is 29.4 Å². The van der Waals surface area contributed by atoms with Crippen molar-refractivity contribution in [1.29, 1.82) is 0 Å². The summed E-state index contributed by atoms with van der Waals surface area (Å²) >= 11 is 11.9. The van der Waals surface area contributed by atoms with E-state index >= 15 is 0 Å². The van der Waals surface area contributed by atoms with Crippen LogP contribution in [0.25, 0.3) is 0 Å². The Kier molecular flexibility index (Phi) is 8.36. The molecule has 0 aliphatic rings. The van der Waals surface area contributed by atoms with Crippen molar-refractivity contribution in [2.24, 2.45) is 5.73 Å². The van der Waals surface area contributed by atoms with E-state index in [1.807, 2.05) is 13.0 Å². The Balaban J connectivity index is 0.00000289. The van der Waals surface area contributed by atoms with Crippen LogP contribution < -0.4 is 11.1 Å². The van der Waals surface area contributed by atoms with Gasteiger partial charge in [0.15, 0.2) is 0 Å². The number of hydrogen-bond donors (Lipinski definition) is 2. The molecule has 3 N–H and O–H groups in total. The van der Waals surface area contributed by atoms with Gasteiger partial charge in [0.1, 0.15) is 0 Å². The molecule has 0 aromatic heterocycles. The van der Waals surface area contributed by atoms with Crippen LogP contribution in [0.1, 0.15) is 31.4 Å². The van der Waals surface area contributed by atoms with Gasteiger partial charge in [0.2, 0.25) is 5.91 Å². The van der Waals surface area contributed by atoms with Crippen molar-refractivity contribution >= 4 is 41.5 Å². The van der Waals surface area contributed by atoms with Crippen molar-refractivity contribution in [2.75, 3.05) is 6.54 Å². The largest absolute Gasteiger partial charge is 0.350 e. The van der Waals surface area contributed by atoms with E-state index in [1.54, 1.807) is 12.1 Å². The van der Waals surface area contributed by atoms with Gasteiger partial charge >= 0.3 is 0 Å². The summed E-state index contributed by atoms with van der Waals surface area (Å²) in [6.45, 7) is 2.40. The number of rotatable bonds is 5. The third-order valence-corrected chi connectivity index (χ3v) is 2.98. The quantitative estimate of drug-likeness (QED) is 0.876. The second kappa shape index (κ2) is 8.59. The van der Waals surface area contributed by atoms with Gasteiger partial charge in [0.05, 0.1) is 6.04 Å². The number of halogens is 3. The molecular weight excluding hydrogens is 295 g/mol. The van der Waals surface area contributed by atoms with Crippen LogP contribution in [-0.2, 0) is 4.79 Å². The van der Waals surface area contributed by atoms with Gasteiger partial charge in [-0.05, 0) is 37.6 Å². The minimum absolute atomic E-state index is 0. The van der Waals surface area contributed by atoms with Gasteiger partial charge in [0, 0.05) is 16.5 Å². The lowest BCUT2D eigenvalue weighted by molar-refractivity contribution is -0.121. The van der Waals surface area contributed by atoms with E-state index < -0.39 is 0 Å². The summed E-state index contributed by atoms with van der Waals surface area (Å²) in [6.07, 6.45) is 1.12. The minimum Gasteiger partial charge on any atom is -0.350 e. The average Bonchev–Trinajstić information content (AvgIpc) is 2.26. The molecule has 3 nitrogen and oxygen atoms in total. The second-order valence-electron chi connectivity index (χ2n) is 3.85. The Morgan fingerprint density at radius 1 is 1.44 bits per heavy atom. The molecule has 0 heterocycles. The molecule has 1 unspecified atom stereocenters. The minimum atomic E-state index is -0.134. The fraction of sp³-hybridized carbons (Fsp3) is 0.417.